The van der Waals surface area contributed by atoms with E-state index in [4.69, 9.17) is 11.6 Å². The quantitative estimate of drug-likeness (QED) is 0.389. The third kappa shape index (κ3) is 5.52. The lowest BCUT2D eigenvalue weighted by atomic mass is 10.1. The molecule has 0 aliphatic heterocycles. The molecule has 0 aliphatic carbocycles. The number of alkyl halides is 3. The first-order valence-electron chi connectivity index (χ1n) is 10.0. The smallest absolute Gasteiger partial charge is 0.343 e. The summed E-state index contributed by atoms with van der Waals surface area (Å²) in [5.74, 6) is 0.0702. The molecule has 2 aromatic heterocycles. The minimum atomic E-state index is -4.47. The first-order valence-corrected chi connectivity index (χ1v) is 10.4. The number of anilines is 2. The highest BCUT2D eigenvalue weighted by atomic mass is 35.5. The third-order valence-corrected chi connectivity index (χ3v) is 5.14. The minimum Gasteiger partial charge on any atom is -0.343 e. The molecule has 0 bridgehead atoms. The van der Waals surface area contributed by atoms with E-state index in [1.807, 2.05) is 35.6 Å². The Hall–Kier alpha value is -3.92. The van der Waals surface area contributed by atoms with Gasteiger partial charge in [-0.15, -0.1) is 5.10 Å². The highest BCUT2D eigenvalue weighted by molar-refractivity contribution is 6.33. The zero-order valence-corrected chi connectivity index (χ0v) is 18.5. The molecular weight excluding hydrogens is 469 g/mol. The molecule has 0 fully saturated rings. The molecule has 0 saturated carbocycles. The maximum atomic E-state index is 12.3. The van der Waals surface area contributed by atoms with Crippen molar-refractivity contribution in [3.05, 3.63) is 77.6 Å². The van der Waals surface area contributed by atoms with Gasteiger partial charge in [0.2, 0.25) is 5.95 Å². The number of amides is 1. The molecule has 1 amide bonds. The zero-order chi connectivity index (χ0) is 24.3. The van der Waals surface area contributed by atoms with Gasteiger partial charge in [-0.05, 0) is 35.9 Å². The number of halogens is 4. The van der Waals surface area contributed by atoms with E-state index < -0.39 is 18.6 Å². The molecule has 4 rings (SSSR count). The van der Waals surface area contributed by atoms with Gasteiger partial charge in [0.15, 0.2) is 5.82 Å². The van der Waals surface area contributed by atoms with E-state index in [0.29, 0.717) is 22.4 Å². The maximum Gasteiger partial charge on any atom is 0.405 e. The van der Waals surface area contributed by atoms with Crippen LogP contribution in [-0.4, -0.2) is 38.4 Å². The second-order valence-corrected chi connectivity index (χ2v) is 7.72. The van der Waals surface area contributed by atoms with Crippen LogP contribution >= 0.6 is 11.6 Å². The number of hydrogen-bond donors (Lipinski definition) is 2. The molecular formula is C23H18ClF3N6O. The maximum absolute atomic E-state index is 12.3. The Morgan fingerprint density at radius 1 is 1.03 bits per heavy atom. The molecule has 7 nitrogen and oxygen atoms in total. The normalized spacial score (nSPS) is 11.3. The number of nitrogens with zero attached hydrogens (tertiary/aromatic N) is 4. The Kier molecular flexibility index (Phi) is 6.51. The minimum absolute atomic E-state index is 0.108. The SMILES string of the molecule is Cn1nc(-c2ccc(C(=O)NCC(F)(F)F)cc2)nc1Nc1ccc(-c2ccncc2Cl)cc1. The molecule has 174 valence electrons. The summed E-state index contributed by atoms with van der Waals surface area (Å²) in [4.78, 5) is 20.3. The Morgan fingerprint density at radius 2 is 1.71 bits per heavy atom. The fourth-order valence-corrected chi connectivity index (χ4v) is 3.37. The predicted molar refractivity (Wildman–Crippen MR) is 123 cm³/mol. The van der Waals surface area contributed by atoms with Gasteiger partial charge in [-0.25, -0.2) is 4.68 Å². The summed E-state index contributed by atoms with van der Waals surface area (Å²) >= 11 is 6.20. The van der Waals surface area contributed by atoms with Crippen molar-refractivity contribution in [3.8, 4) is 22.5 Å². The van der Waals surface area contributed by atoms with Crippen LogP contribution < -0.4 is 10.6 Å². The average Bonchev–Trinajstić information content (AvgIpc) is 3.18. The van der Waals surface area contributed by atoms with Gasteiger partial charge in [0.1, 0.15) is 6.54 Å². The summed E-state index contributed by atoms with van der Waals surface area (Å²) in [6.07, 6.45) is -1.20. The molecule has 0 atom stereocenters. The van der Waals surface area contributed by atoms with Gasteiger partial charge < -0.3 is 10.6 Å². The predicted octanol–water partition coefficient (Wildman–Crippen LogP) is 5.23. The molecule has 4 aromatic rings. The van der Waals surface area contributed by atoms with Crippen molar-refractivity contribution < 1.29 is 18.0 Å². The molecule has 0 aliphatic rings. The summed E-state index contributed by atoms with van der Waals surface area (Å²) < 4.78 is 38.4. The van der Waals surface area contributed by atoms with E-state index in [1.165, 1.54) is 12.1 Å². The third-order valence-electron chi connectivity index (χ3n) is 4.84. The monoisotopic (exact) mass is 486 g/mol. The number of hydrogen-bond acceptors (Lipinski definition) is 5. The van der Waals surface area contributed by atoms with Gasteiger partial charge in [-0.3, -0.25) is 9.78 Å². The number of carbonyl (C=O) groups is 1. The van der Waals surface area contributed by atoms with Crippen LogP contribution in [0.3, 0.4) is 0 Å². The molecule has 2 aromatic carbocycles. The van der Waals surface area contributed by atoms with E-state index in [1.54, 1.807) is 36.3 Å². The number of aromatic nitrogens is 4. The van der Waals surface area contributed by atoms with Crippen molar-refractivity contribution >= 4 is 29.1 Å². The van der Waals surface area contributed by atoms with Crippen molar-refractivity contribution in [2.75, 3.05) is 11.9 Å². The summed E-state index contributed by atoms with van der Waals surface area (Å²) in [6.45, 7) is -1.39. The fourth-order valence-electron chi connectivity index (χ4n) is 3.14. The van der Waals surface area contributed by atoms with Gasteiger partial charge in [0, 0.05) is 41.8 Å². The van der Waals surface area contributed by atoms with Crippen molar-refractivity contribution in [1.82, 2.24) is 25.1 Å². The molecule has 2 heterocycles. The topological polar surface area (TPSA) is 84.7 Å². The highest BCUT2D eigenvalue weighted by Crippen LogP contribution is 2.28. The van der Waals surface area contributed by atoms with Gasteiger partial charge in [0.25, 0.3) is 5.91 Å². The average molecular weight is 487 g/mol. The van der Waals surface area contributed by atoms with Crippen molar-refractivity contribution in [3.63, 3.8) is 0 Å². The Bertz CT molecular complexity index is 1300. The first kappa shape index (κ1) is 23.2. The molecule has 11 heteroatoms. The lowest BCUT2D eigenvalue weighted by Gasteiger charge is -2.08. The van der Waals surface area contributed by atoms with Gasteiger partial charge in [0.05, 0.1) is 5.02 Å². The summed E-state index contributed by atoms with van der Waals surface area (Å²) in [5, 5.41) is 9.95. The standard InChI is InChI=1S/C23H18ClF3N6O/c1-33-22(30-17-8-6-14(7-9-17)18-10-11-28-12-19(18)24)31-20(32-33)15-2-4-16(5-3-15)21(34)29-13-23(25,26)27/h2-12H,13H2,1H3,(H,29,34)(H,30,31,32). The molecule has 2 N–H and O–H groups in total. The fraction of sp³-hybridized carbons (Fsp3) is 0.130. The van der Waals surface area contributed by atoms with Crippen molar-refractivity contribution in [2.45, 2.75) is 6.18 Å². The van der Waals surface area contributed by atoms with Crippen LogP contribution in [0.5, 0.6) is 0 Å². The van der Waals surface area contributed by atoms with Crippen molar-refractivity contribution in [1.29, 1.82) is 0 Å². The second kappa shape index (κ2) is 9.52. The second-order valence-electron chi connectivity index (χ2n) is 7.32. The molecule has 0 spiro atoms. The Labute approximate surface area is 197 Å². The summed E-state index contributed by atoms with van der Waals surface area (Å²) in [6, 6.07) is 15.5. The number of pyridine rings is 1. The zero-order valence-electron chi connectivity index (χ0n) is 17.8. The summed E-state index contributed by atoms with van der Waals surface area (Å²) in [7, 11) is 1.73. The van der Waals surface area contributed by atoms with Crippen LogP contribution in [0.15, 0.2) is 67.0 Å². The number of aryl methyl sites for hydroxylation is 1. The van der Waals surface area contributed by atoms with Gasteiger partial charge in [-0.1, -0.05) is 35.9 Å². The molecule has 0 unspecified atom stereocenters. The van der Waals surface area contributed by atoms with Crippen LogP contribution in [0.4, 0.5) is 24.8 Å². The Balaban J connectivity index is 1.45. The van der Waals surface area contributed by atoms with E-state index in [0.717, 1.165) is 16.8 Å². The van der Waals surface area contributed by atoms with Crippen LogP contribution in [0.25, 0.3) is 22.5 Å². The summed E-state index contributed by atoms with van der Waals surface area (Å²) in [5.41, 5.74) is 3.32. The molecule has 0 radical (unpaired) electrons. The van der Waals surface area contributed by atoms with Crippen molar-refractivity contribution in [2.24, 2.45) is 7.05 Å². The molecule has 34 heavy (non-hydrogen) atoms. The van der Waals surface area contributed by atoms with Gasteiger partial charge in [-0.2, -0.15) is 18.2 Å². The van der Waals surface area contributed by atoms with E-state index >= 15 is 0 Å². The van der Waals surface area contributed by atoms with Crippen LogP contribution in [0, 0.1) is 0 Å². The van der Waals surface area contributed by atoms with Gasteiger partial charge >= 0.3 is 6.18 Å². The molecule has 0 saturated heterocycles. The number of nitrogens with one attached hydrogen (secondary N) is 2. The number of rotatable bonds is 6. The van der Waals surface area contributed by atoms with Crippen LogP contribution in [0.1, 0.15) is 10.4 Å². The van der Waals surface area contributed by atoms with Crippen LogP contribution in [0.2, 0.25) is 5.02 Å². The van der Waals surface area contributed by atoms with E-state index in [-0.39, 0.29) is 5.56 Å². The lowest BCUT2D eigenvalue weighted by Crippen LogP contribution is -2.33. The van der Waals surface area contributed by atoms with E-state index in [2.05, 4.69) is 20.4 Å². The lowest BCUT2D eigenvalue weighted by molar-refractivity contribution is -0.123. The number of benzene rings is 2. The Morgan fingerprint density at radius 3 is 2.35 bits per heavy atom. The number of carbonyl (C=O) groups excluding carboxylic acids is 1. The largest absolute Gasteiger partial charge is 0.405 e. The first-order chi connectivity index (χ1) is 16.2. The van der Waals surface area contributed by atoms with E-state index in [9.17, 15) is 18.0 Å². The highest BCUT2D eigenvalue weighted by Gasteiger charge is 2.27. The van der Waals surface area contributed by atoms with Crippen LogP contribution in [-0.2, 0) is 7.05 Å².